The molecular formula is C24H26N2O4S. The normalized spacial score (nSPS) is 11.1. The van der Waals surface area contributed by atoms with Crippen molar-refractivity contribution in [3.8, 4) is 5.75 Å². The zero-order valence-corrected chi connectivity index (χ0v) is 18.6. The number of sulfonamides is 1. The lowest BCUT2D eigenvalue weighted by atomic mass is 10.1. The Morgan fingerprint density at radius 2 is 1.68 bits per heavy atom. The number of benzene rings is 3. The zero-order valence-electron chi connectivity index (χ0n) is 17.8. The van der Waals surface area contributed by atoms with Crippen molar-refractivity contribution >= 4 is 21.6 Å². The summed E-state index contributed by atoms with van der Waals surface area (Å²) >= 11 is 0. The summed E-state index contributed by atoms with van der Waals surface area (Å²) in [4.78, 5) is 12.8. The van der Waals surface area contributed by atoms with Crippen LogP contribution in [-0.4, -0.2) is 20.9 Å². The summed E-state index contributed by atoms with van der Waals surface area (Å²) in [5.74, 6) is 0.490. The van der Waals surface area contributed by atoms with Crippen LogP contribution in [0.5, 0.6) is 5.75 Å². The van der Waals surface area contributed by atoms with E-state index in [1.165, 1.54) is 0 Å². The fraction of sp³-hybridized carbons (Fsp3) is 0.208. The molecule has 3 aromatic carbocycles. The summed E-state index contributed by atoms with van der Waals surface area (Å²) in [6.07, 6.45) is 0. The lowest BCUT2D eigenvalue weighted by Crippen LogP contribution is -2.23. The molecule has 31 heavy (non-hydrogen) atoms. The number of hydrogen-bond donors (Lipinski definition) is 2. The van der Waals surface area contributed by atoms with Gasteiger partial charge < -0.3 is 10.1 Å². The number of nitrogens with one attached hydrogen (secondary N) is 2. The number of carbonyl (C=O) groups excluding carboxylic acids is 1. The molecular weight excluding hydrogens is 412 g/mol. The van der Waals surface area contributed by atoms with E-state index in [2.05, 4.69) is 10.0 Å². The highest BCUT2D eigenvalue weighted by molar-refractivity contribution is 7.92. The second-order valence-corrected chi connectivity index (χ2v) is 8.85. The Morgan fingerprint density at radius 1 is 0.968 bits per heavy atom. The van der Waals surface area contributed by atoms with E-state index in [0.717, 1.165) is 16.9 Å². The molecule has 2 N–H and O–H groups in total. The van der Waals surface area contributed by atoms with Crippen molar-refractivity contribution in [1.29, 1.82) is 0 Å². The number of hydrogen-bond acceptors (Lipinski definition) is 4. The number of anilines is 1. The van der Waals surface area contributed by atoms with Gasteiger partial charge in [-0.2, -0.15) is 0 Å². The van der Waals surface area contributed by atoms with Crippen LogP contribution in [0.4, 0.5) is 5.69 Å². The maximum absolute atomic E-state index is 12.6. The molecule has 7 heteroatoms. The second-order valence-electron chi connectivity index (χ2n) is 7.17. The minimum atomic E-state index is -3.71. The number of rotatable bonds is 8. The maximum Gasteiger partial charge on any atom is 0.261 e. The van der Waals surface area contributed by atoms with Crippen LogP contribution in [0, 0.1) is 13.8 Å². The summed E-state index contributed by atoms with van der Waals surface area (Å²) in [5, 5.41) is 2.88. The van der Waals surface area contributed by atoms with Crippen molar-refractivity contribution in [2.45, 2.75) is 32.2 Å². The molecule has 0 aliphatic rings. The minimum Gasteiger partial charge on any atom is -0.494 e. The Kier molecular flexibility index (Phi) is 6.97. The number of aryl methyl sites for hydroxylation is 2. The van der Waals surface area contributed by atoms with Crippen LogP contribution >= 0.6 is 0 Å². The molecule has 0 aliphatic heterocycles. The zero-order chi connectivity index (χ0) is 22.4. The first kappa shape index (κ1) is 22.4. The van der Waals surface area contributed by atoms with Gasteiger partial charge in [0.15, 0.2) is 0 Å². The summed E-state index contributed by atoms with van der Waals surface area (Å²) in [7, 11) is -3.71. The average Bonchev–Trinajstić information content (AvgIpc) is 2.75. The SMILES string of the molecule is CCOc1ccccc1CNC(=O)c1ccc(NS(=O)(=O)c2ccc(C)cc2)c(C)c1. The second kappa shape index (κ2) is 9.66. The summed E-state index contributed by atoms with van der Waals surface area (Å²) < 4.78 is 33.4. The Morgan fingerprint density at radius 3 is 2.35 bits per heavy atom. The molecule has 0 spiro atoms. The molecule has 3 aromatic rings. The number of carbonyl (C=O) groups is 1. The summed E-state index contributed by atoms with van der Waals surface area (Å²) in [6, 6.07) is 19.0. The molecule has 0 unspecified atom stereocenters. The van der Waals surface area contributed by atoms with Crippen molar-refractivity contribution in [2.24, 2.45) is 0 Å². The number of amides is 1. The van der Waals surface area contributed by atoms with Crippen LogP contribution in [0.25, 0.3) is 0 Å². The van der Waals surface area contributed by atoms with E-state index >= 15 is 0 Å². The molecule has 3 rings (SSSR count). The van der Waals surface area contributed by atoms with E-state index in [1.54, 1.807) is 49.4 Å². The quantitative estimate of drug-likeness (QED) is 0.545. The largest absolute Gasteiger partial charge is 0.494 e. The molecule has 0 bridgehead atoms. The third kappa shape index (κ3) is 5.64. The average molecular weight is 439 g/mol. The Labute approximate surface area is 183 Å². The fourth-order valence-electron chi connectivity index (χ4n) is 3.06. The van der Waals surface area contributed by atoms with Crippen LogP contribution in [-0.2, 0) is 16.6 Å². The minimum absolute atomic E-state index is 0.187. The van der Waals surface area contributed by atoms with Gasteiger partial charge in [0.1, 0.15) is 5.75 Å². The molecule has 0 fully saturated rings. The van der Waals surface area contributed by atoms with Gasteiger partial charge in [0.05, 0.1) is 17.2 Å². The van der Waals surface area contributed by atoms with Crippen LogP contribution in [0.1, 0.15) is 34.0 Å². The van der Waals surface area contributed by atoms with Crippen molar-refractivity contribution < 1.29 is 17.9 Å². The molecule has 0 atom stereocenters. The third-order valence-electron chi connectivity index (χ3n) is 4.78. The Bertz CT molecular complexity index is 1170. The van der Waals surface area contributed by atoms with Gasteiger partial charge in [0.2, 0.25) is 0 Å². The smallest absolute Gasteiger partial charge is 0.261 e. The van der Waals surface area contributed by atoms with Gasteiger partial charge in [-0.1, -0.05) is 35.9 Å². The lowest BCUT2D eigenvalue weighted by Gasteiger charge is -2.13. The lowest BCUT2D eigenvalue weighted by molar-refractivity contribution is 0.0950. The molecule has 0 heterocycles. The van der Waals surface area contributed by atoms with Gasteiger partial charge in [-0.25, -0.2) is 8.42 Å². The molecule has 6 nitrogen and oxygen atoms in total. The molecule has 0 saturated carbocycles. The monoisotopic (exact) mass is 438 g/mol. The molecule has 1 amide bonds. The van der Waals surface area contributed by atoms with Gasteiger partial charge in [0, 0.05) is 17.7 Å². The van der Waals surface area contributed by atoms with Gasteiger partial charge in [-0.05, 0) is 62.7 Å². The van der Waals surface area contributed by atoms with E-state index in [4.69, 9.17) is 4.74 Å². The first-order valence-electron chi connectivity index (χ1n) is 9.99. The van der Waals surface area contributed by atoms with E-state index in [1.807, 2.05) is 38.1 Å². The predicted octanol–water partition coefficient (Wildman–Crippen LogP) is 4.43. The molecule has 0 aliphatic carbocycles. The fourth-order valence-corrected chi connectivity index (χ4v) is 4.20. The van der Waals surface area contributed by atoms with Gasteiger partial charge in [0.25, 0.3) is 15.9 Å². The van der Waals surface area contributed by atoms with Gasteiger partial charge in [-0.3, -0.25) is 9.52 Å². The van der Waals surface area contributed by atoms with Crippen LogP contribution in [0.2, 0.25) is 0 Å². The molecule has 0 saturated heterocycles. The van der Waals surface area contributed by atoms with E-state index < -0.39 is 10.0 Å². The summed E-state index contributed by atoms with van der Waals surface area (Å²) in [6.45, 7) is 6.44. The standard InChI is InChI=1S/C24H26N2O4S/c1-4-30-23-8-6-5-7-20(23)16-25-24(27)19-11-14-22(18(3)15-19)26-31(28,29)21-12-9-17(2)10-13-21/h5-15,26H,4,16H2,1-3H3,(H,25,27). The maximum atomic E-state index is 12.6. The van der Waals surface area contributed by atoms with Crippen molar-refractivity contribution in [3.63, 3.8) is 0 Å². The third-order valence-corrected chi connectivity index (χ3v) is 6.16. The highest BCUT2D eigenvalue weighted by Gasteiger charge is 2.16. The van der Waals surface area contributed by atoms with Crippen LogP contribution in [0.3, 0.4) is 0 Å². The van der Waals surface area contributed by atoms with Crippen molar-refractivity contribution in [1.82, 2.24) is 5.32 Å². The van der Waals surface area contributed by atoms with Crippen molar-refractivity contribution in [2.75, 3.05) is 11.3 Å². The van der Waals surface area contributed by atoms with Crippen LogP contribution in [0.15, 0.2) is 71.6 Å². The van der Waals surface area contributed by atoms with E-state index in [-0.39, 0.29) is 10.8 Å². The number of ether oxygens (including phenoxy) is 1. The van der Waals surface area contributed by atoms with E-state index in [9.17, 15) is 13.2 Å². The summed E-state index contributed by atoms with van der Waals surface area (Å²) in [5.41, 5.74) is 3.40. The molecule has 0 aromatic heterocycles. The predicted molar refractivity (Wildman–Crippen MR) is 122 cm³/mol. The highest BCUT2D eigenvalue weighted by atomic mass is 32.2. The molecule has 162 valence electrons. The Balaban J connectivity index is 1.70. The first-order chi connectivity index (χ1) is 14.8. The topological polar surface area (TPSA) is 84.5 Å². The Hall–Kier alpha value is -3.32. The highest BCUT2D eigenvalue weighted by Crippen LogP contribution is 2.22. The van der Waals surface area contributed by atoms with Crippen LogP contribution < -0.4 is 14.8 Å². The number of para-hydroxylation sites is 1. The van der Waals surface area contributed by atoms with Gasteiger partial charge >= 0.3 is 0 Å². The van der Waals surface area contributed by atoms with Crippen molar-refractivity contribution in [3.05, 3.63) is 89.0 Å². The first-order valence-corrected chi connectivity index (χ1v) is 11.5. The van der Waals surface area contributed by atoms with Gasteiger partial charge in [-0.15, -0.1) is 0 Å². The molecule has 0 radical (unpaired) electrons. The van der Waals surface area contributed by atoms with E-state index in [0.29, 0.717) is 30.0 Å².